The van der Waals surface area contributed by atoms with E-state index in [4.69, 9.17) is 37.7 Å². The van der Waals surface area contributed by atoms with E-state index >= 15 is 0 Å². The Labute approximate surface area is 310 Å². The summed E-state index contributed by atoms with van der Waals surface area (Å²) >= 11 is 13.1. The lowest BCUT2D eigenvalue weighted by Gasteiger charge is -2.28. The Hall–Kier alpha value is -5.32. The number of carbonyl (C=O) groups is 2. The van der Waals surface area contributed by atoms with Crippen LogP contribution in [0.25, 0.3) is 33.4 Å². The van der Waals surface area contributed by atoms with Crippen molar-refractivity contribution < 1.29 is 19.1 Å². The first-order valence-electron chi connectivity index (χ1n) is 17.2. The van der Waals surface area contributed by atoms with Gasteiger partial charge in [0.25, 0.3) is 5.91 Å². The molecule has 3 aromatic heterocycles. The van der Waals surface area contributed by atoms with Gasteiger partial charge < -0.3 is 29.2 Å². The summed E-state index contributed by atoms with van der Waals surface area (Å²) in [6.45, 7) is 6.33. The number of halogens is 2. The number of ether oxygens (including phenoxy) is 2. The molecule has 12 heteroatoms. The van der Waals surface area contributed by atoms with Gasteiger partial charge >= 0.3 is 6.09 Å². The fraction of sp³-hybridized carbons (Fsp3) is 0.250. The number of imidazole rings is 1. The second-order valence-corrected chi connectivity index (χ2v) is 14.9. The number of anilines is 1. The monoisotopic (exact) mass is 734 g/mol. The van der Waals surface area contributed by atoms with E-state index in [1.165, 1.54) is 0 Å². The van der Waals surface area contributed by atoms with Crippen LogP contribution in [0.15, 0.2) is 91.4 Å². The van der Waals surface area contributed by atoms with E-state index in [1.54, 1.807) is 23.2 Å². The molecule has 0 bridgehead atoms. The molecule has 3 aromatic carbocycles. The molecule has 0 unspecified atom stereocenters. The van der Waals surface area contributed by atoms with Crippen molar-refractivity contribution in [3.05, 3.63) is 118 Å². The summed E-state index contributed by atoms with van der Waals surface area (Å²) in [4.78, 5) is 41.8. The number of rotatable bonds is 7. The maximum Gasteiger partial charge on any atom is 0.410 e. The van der Waals surface area contributed by atoms with E-state index in [-0.39, 0.29) is 36.6 Å². The fourth-order valence-corrected chi connectivity index (χ4v) is 7.58. The van der Waals surface area contributed by atoms with Gasteiger partial charge in [0.2, 0.25) is 5.88 Å². The summed E-state index contributed by atoms with van der Waals surface area (Å²) in [5.41, 5.74) is 5.94. The maximum absolute atomic E-state index is 14.5. The quantitative estimate of drug-likeness (QED) is 0.169. The van der Waals surface area contributed by atoms with Crippen LogP contribution in [-0.4, -0.2) is 61.2 Å². The lowest BCUT2D eigenvalue weighted by molar-refractivity contribution is 0.0186. The molecule has 264 valence electrons. The smallest absolute Gasteiger partial charge is 0.410 e. The van der Waals surface area contributed by atoms with Crippen molar-refractivity contribution in [2.45, 2.75) is 51.3 Å². The van der Waals surface area contributed by atoms with E-state index in [0.717, 1.165) is 51.8 Å². The van der Waals surface area contributed by atoms with Gasteiger partial charge in [0, 0.05) is 44.8 Å². The number of aromatic nitrogens is 4. The Morgan fingerprint density at radius 1 is 0.981 bits per heavy atom. The van der Waals surface area contributed by atoms with Gasteiger partial charge in [-0.3, -0.25) is 4.79 Å². The molecular weight excluding hydrogens is 699 g/mol. The number of benzene rings is 3. The standard InChI is InChI=1S/C40H36Cl2N6O4/c1-40(2,3)52-39(50)47-18-8-11-27(47)21-51-38-29(12-7-17-43-38)46-37(49)34-32-31-28(19-26(42)20-30(31)45-34)35(24-13-15-25(41)16-14-24)48-22-44-33(36(32)48)23-9-5-4-6-10-23/h4-7,9-10,12-17,19-20,22,27,35,45H,8,11,18,21H2,1-3H3,(H,46,49)/t27-,35+/m0/s1. The highest BCUT2D eigenvalue weighted by Gasteiger charge is 2.37. The summed E-state index contributed by atoms with van der Waals surface area (Å²) in [6, 6.07) is 24.4. The maximum atomic E-state index is 14.5. The zero-order chi connectivity index (χ0) is 36.1. The molecule has 6 aromatic rings. The number of nitrogens with one attached hydrogen (secondary N) is 2. The molecule has 8 rings (SSSR count). The van der Waals surface area contributed by atoms with Gasteiger partial charge in [0.1, 0.15) is 23.6 Å². The number of H-pyrrole nitrogens is 1. The molecular formula is C40H36Cl2N6O4. The van der Waals surface area contributed by atoms with Crippen molar-refractivity contribution in [1.82, 2.24) is 24.4 Å². The van der Waals surface area contributed by atoms with Gasteiger partial charge in [-0.2, -0.15) is 0 Å². The van der Waals surface area contributed by atoms with Crippen LogP contribution in [0.1, 0.15) is 61.3 Å². The number of aromatic amines is 1. The molecule has 2 N–H and O–H groups in total. The molecule has 0 aliphatic carbocycles. The lowest BCUT2D eigenvalue weighted by Crippen LogP contribution is -2.42. The van der Waals surface area contributed by atoms with Gasteiger partial charge in [0.05, 0.1) is 29.8 Å². The highest BCUT2D eigenvalue weighted by atomic mass is 35.5. The molecule has 2 atom stereocenters. The first-order valence-corrected chi connectivity index (χ1v) is 17.9. The predicted molar refractivity (Wildman–Crippen MR) is 202 cm³/mol. The minimum absolute atomic E-state index is 0.188. The number of hydrogen-bond donors (Lipinski definition) is 2. The van der Waals surface area contributed by atoms with Gasteiger partial charge in [-0.05, 0) is 81.1 Å². The molecule has 2 aliphatic rings. The third kappa shape index (κ3) is 6.26. The topological polar surface area (TPSA) is 114 Å². The number of hydrogen-bond acceptors (Lipinski definition) is 6. The Morgan fingerprint density at radius 3 is 2.54 bits per heavy atom. The van der Waals surface area contributed by atoms with Crippen molar-refractivity contribution in [3.63, 3.8) is 0 Å². The molecule has 1 saturated heterocycles. The van der Waals surface area contributed by atoms with Crippen molar-refractivity contribution in [2.24, 2.45) is 0 Å². The zero-order valence-electron chi connectivity index (χ0n) is 28.8. The highest BCUT2D eigenvalue weighted by Crippen LogP contribution is 2.50. The van der Waals surface area contributed by atoms with Crippen LogP contribution in [0.5, 0.6) is 5.88 Å². The second kappa shape index (κ2) is 13.3. The summed E-state index contributed by atoms with van der Waals surface area (Å²) in [6.07, 6.45) is 4.67. The number of likely N-dealkylation sites (tertiary alicyclic amines) is 1. The van der Waals surface area contributed by atoms with Crippen molar-refractivity contribution >= 4 is 51.8 Å². The molecule has 0 saturated carbocycles. The normalized spacial score (nSPS) is 16.5. The van der Waals surface area contributed by atoms with E-state index in [9.17, 15) is 9.59 Å². The fourth-order valence-electron chi connectivity index (χ4n) is 7.23. The molecule has 0 radical (unpaired) electrons. The van der Waals surface area contributed by atoms with E-state index < -0.39 is 5.60 Å². The van der Waals surface area contributed by atoms with Crippen LogP contribution in [-0.2, 0) is 4.74 Å². The first kappa shape index (κ1) is 33.8. The summed E-state index contributed by atoms with van der Waals surface area (Å²) < 4.78 is 13.9. The minimum atomic E-state index is -0.603. The average molecular weight is 736 g/mol. The van der Waals surface area contributed by atoms with E-state index in [0.29, 0.717) is 33.5 Å². The van der Waals surface area contributed by atoms with Crippen molar-refractivity contribution in [1.29, 1.82) is 0 Å². The number of carbonyl (C=O) groups excluding carboxylic acids is 2. The van der Waals surface area contributed by atoms with Gasteiger partial charge in [-0.1, -0.05) is 65.7 Å². The minimum Gasteiger partial charge on any atom is -0.474 e. The van der Waals surface area contributed by atoms with Crippen LogP contribution >= 0.6 is 23.2 Å². The van der Waals surface area contributed by atoms with Crippen LogP contribution in [0.2, 0.25) is 10.0 Å². The van der Waals surface area contributed by atoms with Crippen LogP contribution in [0.4, 0.5) is 10.5 Å². The highest BCUT2D eigenvalue weighted by molar-refractivity contribution is 6.32. The number of fused-ring (bicyclic) bond motifs is 2. The SMILES string of the molecule is CC(C)(C)OC(=O)N1CCC[C@H]1COc1ncccc1NC(=O)c1[nH]c2cc(Cl)cc3c2c1-c1c(-c2ccccc2)ncn1[C@@H]3c1ccc(Cl)cc1. The largest absolute Gasteiger partial charge is 0.474 e. The third-order valence-electron chi connectivity index (χ3n) is 9.39. The second-order valence-electron chi connectivity index (χ2n) is 14.1. The number of amides is 2. The molecule has 52 heavy (non-hydrogen) atoms. The zero-order valence-corrected chi connectivity index (χ0v) is 30.3. The molecule has 10 nitrogen and oxygen atoms in total. The van der Waals surface area contributed by atoms with Crippen LogP contribution in [0.3, 0.4) is 0 Å². The third-order valence-corrected chi connectivity index (χ3v) is 9.86. The van der Waals surface area contributed by atoms with Crippen LogP contribution in [0, 0.1) is 0 Å². The first-order chi connectivity index (χ1) is 25.1. The van der Waals surface area contributed by atoms with E-state index in [1.807, 2.05) is 93.8 Å². The lowest BCUT2D eigenvalue weighted by atomic mass is 9.88. The summed E-state index contributed by atoms with van der Waals surface area (Å²) in [5, 5.41) is 5.10. The van der Waals surface area contributed by atoms with E-state index in [2.05, 4.69) is 19.9 Å². The molecule has 2 aliphatic heterocycles. The Kier molecular flexibility index (Phi) is 8.67. The Morgan fingerprint density at radius 2 is 1.77 bits per heavy atom. The van der Waals surface area contributed by atoms with Gasteiger partial charge in [-0.25, -0.2) is 14.8 Å². The summed E-state index contributed by atoms with van der Waals surface area (Å²) in [7, 11) is 0. The summed E-state index contributed by atoms with van der Waals surface area (Å²) in [5.74, 6) is -0.141. The van der Waals surface area contributed by atoms with Gasteiger partial charge in [-0.15, -0.1) is 0 Å². The molecule has 0 spiro atoms. The number of nitrogens with zero attached hydrogens (tertiary/aromatic N) is 4. The predicted octanol–water partition coefficient (Wildman–Crippen LogP) is 9.38. The Balaban J connectivity index is 1.17. The van der Waals surface area contributed by atoms with Crippen molar-refractivity contribution in [3.8, 4) is 28.4 Å². The Bertz CT molecular complexity index is 2310. The molecule has 5 heterocycles. The van der Waals surface area contributed by atoms with Crippen molar-refractivity contribution in [2.75, 3.05) is 18.5 Å². The average Bonchev–Trinajstić information content (AvgIpc) is 3.86. The van der Waals surface area contributed by atoms with Crippen LogP contribution < -0.4 is 10.1 Å². The molecule has 2 amide bonds. The van der Waals surface area contributed by atoms with Gasteiger partial charge in [0.15, 0.2) is 0 Å². The number of pyridine rings is 1. The molecule has 1 fully saturated rings.